The highest BCUT2D eigenvalue weighted by Crippen LogP contribution is 2.09. The van der Waals surface area contributed by atoms with Gasteiger partial charge >= 0.3 is 5.97 Å². The standard InChI is InChI=1S/C12H12N2O3/c1-8(12(16)17-2)14-7-5-10-9(11(14)15)4-3-6-13-10/h3-8H,1-2H3. The molecule has 0 fully saturated rings. The summed E-state index contributed by atoms with van der Waals surface area (Å²) in [4.78, 5) is 27.6. The zero-order valence-corrected chi connectivity index (χ0v) is 9.58. The van der Waals surface area contributed by atoms with Crippen molar-refractivity contribution in [3.63, 3.8) is 0 Å². The average Bonchev–Trinajstić information content (AvgIpc) is 2.38. The van der Waals surface area contributed by atoms with Crippen LogP contribution in [0.4, 0.5) is 0 Å². The van der Waals surface area contributed by atoms with Gasteiger partial charge in [-0.3, -0.25) is 9.78 Å². The monoisotopic (exact) mass is 232 g/mol. The van der Waals surface area contributed by atoms with Gasteiger partial charge in [-0.05, 0) is 25.1 Å². The summed E-state index contributed by atoms with van der Waals surface area (Å²) < 4.78 is 5.96. The molecule has 0 aliphatic heterocycles. The largest absolute Gasteiger partial charge is 0.467 e. The first-order valence-corrected chi connectivity index (χ1v) is 5.19. The Kier molecular flexibility index (Phi) is 2.91. The zero-order valence-electron chi connectivity index (χ0n) is 9.58. The number of hydrogen-bond acceptors (Lipinski definition) is 4. The summed E-state index contributed by atoms with van der Waals surface area (Å²) in [5.74, 6) is -0.449. The van der Waals surface area contributed by atoms with E-state index >= 15 is 0 Å². The van der Waals surface area contributed by atoms with E-state index in [4.69, 9.17) is 0 Å². The summed E-state index contributed by atoms with van der Waals surface area (Å²) in [5, 5.41) is 0.491. The van der Waals surface area contributed by atoms with E-state index in [1.54, 1.807) is 37.5 Å². The smallest absolute Gasteiger partial charge is 0.328 e. The number of hydrogen-bond donors (Lipinski definition) is 0. The molecule has 5 heteroatoms. The van der Waals surface area contributed by atoms with E-state index < -0.39 is 12.0 Å². The maximum Gasteiger partial charge on any atom is 0.328 e. The molecule has 0 radical (unpaired) electrons. The minimum Gasteiger partial charge on any atom is -0.467 e. The minimum atomic E-state index is -0.642. The maximum absolute atomic E-state index is 12.1. The fourth-order valence-electron chi connectivity index (χ4n) is 1.68. The molecule has 17 heavy (non-hydrogen) atoms. The Morgan fingerprint density at radius 3 is 2.94 bits per heavy atom. The lowest BCUT2D eigenvalue weighted by molar-refractivity contribution is -0.144. The normalized spacial score (nSPS) is 12.4. The van der Waals surface area contributed by atoms with E-state index in [0.717, 1.165) is 0 Å². The summed E-state index contributed by atoms with van der Waals surface area (Å²) in [5.41, 5.74) is 0.374. The fourth-order valence-corrected chi connectivity index (χ4v) is 1.68. The van der Waals surface area contributed by atoms with Gasteiger partial charge in [0.15, 0.2) is 0 Å². The third kappa shape index (κ3) is 1.91. The van der Waals surface area contributed by atoms with Crippen LogP contribution < -0.4 is 5.56 Å². The van der Waals surface area contributed by atoms with Crippen LogP contribution in [0.1, 0.15) is 13.0 Å². The molecule has 2 rings (SSSR count). The second-order valence-corrected chi connectivity index (χ2v) is 3.66. The van der Waals surface area contributed by atoms with E-state index in [-0.39, 0.29) is 5.56 Å². The Morgan fingerprint density at radius 1 is 1.47 bits per heavy atom. The van der Waals surface area contributed by atoms with Gasteiger partial charge in [0.1, 0.15) is 6.04 Å². The van der Waals surface area contributed by atoms with Gasteiger partial charge in [0.05, 0.1) is 18.0 Å². The van der Waals surface area contributed by atoms with Crippen molar-refractivity contribution in [2.24, 2.45) is 0 Å². The molecule has 0 spiro atoms. The third-order valence-electron chi connectivity index (χ3n) is 2.66. The first-order valence-electron chi connectivity index (χ1n) is 5.19. The lowest BCUT2D eigenvalue weighted by Crippen LogP contribution is -2.28. The number of methoxy groups -OCH3 is 1. The Morgan fingerprint density at radius 2 is 2.24 bits per heavy atom. The number of ether oxygens (including phenoxy) is 1. The zero-order chi connectivity index (χ0) is 12.4. The van der Waals surface area contributed by atoms with Crippen molar-refractivity contribution in [1.29, 1.82) is 0 Å². The molecule has 2 aromatic rings. The molecule has 0 saturated carbocycles. The van der Waals surface area contributed by atoms with Gasteiger partial charge in [-0.25, -0.2) is 4.79 Å². The van der Waals surface area contributed by atoms with Gasteiger partial charge in [0, 0.05) is 12.4 Å². The number of fused-ring (bicyclic) bond motifs is 1. The van der Waals surface area contributed by atoms with Crippen molar-refractivity contribution >= 4 is 16.9 Å². The van der Waals surface area contributed by atoms with Crippen LogP contribution in [0, 0.1) is 0 Å². The summed E-state index contributed by atoms with van der Waals surface area (Å²) in [6.07, 6.45) is 3.18. The van der Waals surface area contributed by atoms with Gasteiger partial charge in [0.2, 0.25) is 0 Å². The second-order valence-electron chi connectivity index (χ2n) is 3.66. The fraction of sp³-hybridized carbons (Fsp3) is 0.250. The van der Waals surface area contributed by atoms with E-state index in [0.29, 0.717) is 10.9 Å². The molecule has 1 unspecified atom stereocenters. The van der Waals surface area contributed by atoms with Gasteiger partial charge in [0.25, 0.3) is 5.56 Å². The van der Waals surface area contributed by atoms with E-state index in [2.05, 4.69) is 9.72 Å². The third-order valence-corrected chi connectivity index (χ3v) is 2.66. The average molecular weight is 232 g/mol. The number of nitrogens with zero attached hydrogens (tertiary/aromatic N) is 2. The Balaban J connectivity index is 2.61. The van der Waals surface area contributed by atoms with E-state index in [1.807, 2.05) is 0 Å². The predicted octanol–water partition coefficient (Wildman–Crippen LogP) is 1.13. The lowest BCUT2D eigenvalue weighted by Gasteiger charge is -2.12. The lowest BCUT2D eigenvalue weighted by atomic mass is 10.2. The van der Waals surface area contributed by atoms with Crippen molar-refractivity contribution in [3.05, 3.63) is 40.9 Å². The van der Waals surface area contributed by atoms with Gasteiger partial charge in [-0.15, -0.1) is 0 Å². The Hall–Kier alpha value is -2.17. The molecular formula is C12H12N2O3. The Bertz CT molecular complexity index is 618. The van der Waals surface area contributed by atoms with Crippen molar-refractivity contribution in [1.82, 2.24) is 9.55 Å². The summed E-state index contributed by atoms with van der Waals surface area (Å²) in [6.45, 7) is 1.62. The SMILES string of the molecule is COC(=O)C(C)n1ccc2ncccc2c1=O. The number of rotatable bonds is 2. The molecule has 0 aromatic carbocycles. The second kappa shape index (κ2) is 4.37. The van der Waals surface area contributed by atoms with Gasteiger partial charge in [-0.2, -0.15) is 0 Å². The van der Waals surface area contributed by atoms with Crippen LogP contribution in [0.3, 0.4) is 0 Å². The molecule has 2 heterocycles. The molecule has 0 amide bonds. The highest BCUT2D eigenvalue weighted by Gasteiger charge is 2.17. The van der Waals surface area contributed by atoms with E-state index in [1.165, 1.54) is 11.7 Å². The molecule has 88 valence electrons. The van der Waals surface area contributed by atoms with Crippen LogP contribution >= 0.6 is 0 Å². The molecule has 5 nitrogen and oxygen atoms in total. The maximum atomic E-state index is 12.1. The van der Waals surface area contributed by atoms with E-state index in [9.17, 15) is 9.59 Å². The van der Waals surface area contributed by atoms with Crippen LogP contribution in [-0.2, 0) is 9.53 Å². The van der Waals surface area contributed by atoms with Crippen LogP contribution in [0.25, 0.3) is 10.9 Å². The summed E-state index contributed by atoms with van der Waals surface area (Å²) in [6, 6.07) is 4.44. The van der Waals surface area contributed by atoms with Crippen molar-refractivity contribution in [3.8, 4) is 0 Å². The summed E-state index contributed by atoms with van der Waals surface area (Å²) in [7, 11) is 1.30. The number of aromatic nitrogens is 2. The highest BCUT2D eigenvalue weighted by atomic mass is 16.5. The molecule has 0 N–H and O–H groups in total. The first-order chi connectivity index (χ1) is 8.15. The highest BCUT2D eigenvalue weighted by molar-refractivity contribution is 5.78. The van der Waals surface area contributed by atoms with Gasteiger partial charge < -0.3 is 9.30 Å². The molecule has 0 saturated heterocycles. The van der Waals surface area contributed by atoms with Gasteiger partial charge in [-0.1, -0.05) is 0 Å². The molecule has 1 atom stereocenters. The number of esters is 1. The van der Waals surface area contributed by atoms with Crippen LogP contribution in [0.5, 0.6) is 0 Å². The topological polar surface area (TPSA) is 61.2 Å². The first kappa shape index (κ1) is 11.3. The molecular weight excluding hydrogens is 220 g/mol. The number of carbonyl (C=O) groups excluding carboxylic acids is 1. The predicted molar refractivity (Wildman–Crippen MR) is 62.7 cm³/mol. The van der Waals surface area contributed by atoms with Crippen molar-refractivity contribution in [2.45, 2.75) is 13.0 Å². The summed E-state index contributed by atoms with van der Waals surface area (Å²) >= 11 is 0. The molecule has 0 bridgehead atoms. The quantitative estimate of drug-likeness (QED) is 0.728. The number of pyridine rings is 2. The van der Waals surface area contributed by atoms with Crippen LogP contribution in [-0.4, -0.2) is 22.6 Å². The molecule has 0 aliphatic carbocycles. The number of carbonyl (C=O) groups is 1. The van der Waals surface area contributed by atoms with Crippen LogP contribution in [0.2, 0.25) is 0 Å². The minimum absolute atomic E-state index is 0.242. The van der Waals surface area contributed by atoms with Crippen LogP contribution in [0.15, 0.2) is 35.4 Å². The van der Waals surface area contributed by atoms with Crippen molar-refractivity contribution < 1.29 is 9.53 Å². The Labute approximate surface area is 97.7 Å². The van der Waals surface area contributed by atoms with Crippen molar-refractivity contribution in [2.75, 3.05) is 7.11 Å². The molecule has 2 aromatic heterocycles. The molecule has 0 aliphatic rings.